The third kappa shape index (κ3) is 4.32. The van der Waals surface area contributed by atoms with Gasteiger partial charge in [-0.2, -0.15) is 5.26 Å². The molecule has 2 heterocycles. The van der Waals surface area contributed by atoms with Gasteiger partial charge in [-0.05, 0) is 139 Å². The predicted octanol–water partition coefficient (Wildman–Crippen LogP) is 11.9. The molecule has 0 fully saturated rings. The van der Waals surface area contributed by atoms with Gasteiger partial charge in [0.15, 0.2) is 0 Å². The Morgan fingerprint density at radius 3 is 1.65 bits per heavy atom. The van der Waals surface area contributed by atoms with Crippen molar-refractivity contribution in [2.45, 2.75) is 0 Å². The highest BCUT2D eigenvalue weighted by Gasteiger charge is 2.16. The van der Waals surface area contributed by atoms with Crippen LogP contribution in [0.2, 0.25) is 0 Å². The Balaban J connectivity index is 1.10. The second kappa shape index (κ2) is 10.6. The first-order chi connectivity index (χ1) is 24.2. The Bertz CT molecular complexity index is 2860. The number of nitrogens with zero attached hydrogens (tertiary/aromatic N) is 3. The molecule has 0 atom stereocenters. The Kier molecular flexibility index (Phi) is 5.94. The average Bonchev–Trinajstić information content (AvgIpc) is 3.50. The summed E-state index contributed by atoms with van der Waals surface area (Å²) in [6.45, 7) is 0. The summed E-state index contributed by atoms with van der Waals surface area (Å²) in [5, 5.41) is 19.5. The normalized spacial score (nSPS) is 11.7. The van der Waals surface area contributed by atoms with E-state index in [4.69, 9.17) is 0 Å². The molecule has 0 saturated heterocycles. The van der Waals surface area contributed by atoms with Crippen molar-refractivity contribution in [3.8, 4) is 45.1 Å². The van der Waals surface area contributed by atoms with E-state index in [1.54, 1.807) is 0 Å². The summed E-state index contributed by atoms with van der Waals surface area (Å²) in [6.07, 6.45) is 3.75. The molecule has 0 aliphatic carbocycles. The summed E-state index contributed by atoms with van der Waals surface area (Å²) in [5.74, 6) is 0. The third-order valence-electron chi connectivity index (χ3n) is 9.97. The van der Waals surface area contributed by atoms with Crippen LogP contribution in [0, 0.1) is 11.3 Å². The maximum atomic E-state index is 9.71. The van der Waals surface area contributed by atoms with Crippen LogP contribution in [0.15, 0.2) is 164 Å². The molecule has 8 aromatic carbocycles. The first kappa shape index (κ1) is 27.4. The van der Waals surface area contributed by atoms with Gasteiger partial charge in [0.05, 0.1) is 22.7 Å². The lowest BCUT2D eigenvalue weighted by Crippen LogP contribution is -1.93. The maximum Gasteiger partial charge on any atom is 0.0991 e. The molecule has 0 N–H and O–H groups in total. The average molecular weight is 622 g/mol. The summed E-state index contributed by atoms with van der Waals surface area (Å²) >= 11 is 0. The highest BCUT2D eigenvalue weighted by Crippen LogP contribution is 2.41. The van der Waals surface area contributed by atoms with Crippen molar-refractivity contribution in [3.63, 3.8) is 0 Å². The van der Waals surface area contributed by atoms with Crippen LogP contribution >= 0.6 is 0 Å². The van der Waals surface area contributed by atoms with E-state index in [1.807, 2.05) is 36.7 Å². The SMILES string of the molecule is N#Cc1ccc2c(c1)c1cc(-c3cccc(-c4cc5ccc6cc(-c7cccnc7)cc7ccc(c4)c5c67)c3)ccc1n2-c1ccccc1. The van der Waals surface area contributed by atoms with Gasteiger partial charge in [0.1, 0.15) is 0 Å². The van der Waals surface area contributed by atoms with Crippen molar-refractivity contribution in [1.82, 2.24) is 9.55 Å². The molecule has 0 spiro atoms. The molecule has 3 nitrogen and oxygen atoms in total. The van der Waals surface area contributed by atoms with Gasteiger partial charge in [0.25, 0.3) is 0 Å². The van der Waals surface area contributed by atoms with Gasteiger partial charge in [-0.15, -0.1) is 0 Å². The number of rotatable bonds is 4. The number of hydrogen-bond donors (Lipinski definition) is 0. The van der Waals surface area contributed by atoms with Gasteiger partial charge < -0.3 is 4.57 Å². The fraction of sp³-hybridized carbons (Fsp3) is 0. The highest BCUT2D eigenvalue weighted by molar-refractivity contribution is 6.24. The molecule has 0 bridgehead atoms. The van der Waals surface area contributed by atoms with Gasteiger partial charge in [-0.3, -0.25) is 4.98 Å². The van der Waals surface area contributed by atoms with Gasteiger partial charge >= 0.3 is 0 Å². The van der Waals surface area contributed by atoms with Crippen LogP contribution in [0.5, 0.6) is 0 Å². The molecule has 10 rings (SSSR count). The smallest absolute Gasteiger partial charge is 0.0991 e. The maximum absolute atomic E-state index is 9.71. The van der Waals surface area contributed by atoms with E-state index in [1.165, 1.54) is 49.0 Å². The van der Waals surface area contributed by atoms with Crippen LogP contribution in [0.1, 0.15) is 5.56 Å². The molecule has 10 aromatic rings. The van der Waals surface area contributed by atoms with Crippen molar-refractivity contribution in [3.05, 3.63) is 170 Å². The Labute approximate surface area is 282 Å². The zero-order valence-corrected chi connectivity index (χ0v) is 26.4. The Morgan fingerprint density at radius 1 is 0.449 bits per heavy atom. The van der Waals surface area contributed by atoms with E-state index in [0.29, 0.717) is 5.56 Å². The van der Waals surface area contributed by atoms with Crippen LogP contribution < -0.4 is 0 Å². The summed E-state index contributed by atoms with van der Waals surface area (Å²) < 4.78 is 2.29. The number of para-hydroxylation sites is 1. The van der Waals surface area contributed by atoms with Crippen LogP contribution in [0.3, 0.4) is 0 Å². The second-order valence-electron chi connectivity index (χ2n) is 12.8. The van der Waals surface area contributed by atoms with E-state index in [0.717, 1.165) is 44.2 Å². The van der Waals surface area contributed by atoms with Crippen molar-refractivity contribution >= 4 is 54.1 Å². The number of nitriles is 1. The molecule has 226 valence electrons. The number of fused-ring (bicyclic) bond motifs is 3. The quantitative estimate of drug-likeness (QED) is 0.184. The topological polar surface area (TPSA) is 41.6 Å². The first-order valence-electron chi connectivity index (χ1n) is 16.5. The zero-order valence-electron chi connectivity index (χ0n) is 26.4. The highest BCUT2D eigenvalue weighted by atomic mass is 15.0. The van der Waals surface area contributed by atoms with Crippen molar-refractivity contribution in [1.29, 1.82) is 5.26 Å². The van der Waals surface area contributed by atoms with Crippen LogP contribution in [-0.4, -0.2) is 9.55 Å². The van der Waals surface area contributed by atoms with Crippen LogP contribution in [0.4, 0.5) is 0 Å². The Hall–Kier alpha value is -6.76. The van der Waals surface area contributed by atoms with E-state index >= 15 is 0 Å². The van der Waals surface area contributed by atoms with E-state index in [2.05, 4.69) is 143 Å². The second-order valence-corrected chi connectivity index (χ2v) is 12.8. The molecule has 3 heteroatoms. The molecule has 0 aliphatic rings. The zero-order chi connectivity index (χ0) is 32.5. The summed E-state index contributed by atoms with van der Waals surface area (Å²) in [6, 6.07) is 56.6. The minimum Gasteiger partial charge on any atom is -0.309 e. The molecule has 0 amide bonds. The summed E-state index contributed by atoms with van der Waals surface area (Å²) in [5.41, 5.74) is 11.0. The fourth-order valence-electron chi connectivity index (χ4n) is 7.71. The third-order valence-corrected chi connectivity index (χ3v) is 9.97. The van der Waals surface area contributed by atoms with Crippen molar-refractivity contribution in [2.75, 3.05) is 0 Å². The molecular weight excluding hydrogens is 595 g/mol. The van der Waals surface area contributed by atoms with Crippen molar-refractivity contribution < 1.29 is 0 Å². The fourth-order valence-corrected chi connectivity index (χ4v) is 7.71. The van der Waals surface area contributed by atoms with E-state index < -0.39 is 0 Å². The van der Waals surface area contributed by atoms with Gasteiger partial charge in [-0.1, -0.05) is 72.8 Å². The number of aromatic nitrogens is 2. The molecule has 2 aromatic heterocycles. The largest absolute Gasteiger partial charge is 0.309 e. The standard InChI is InChI=1S/C46H27N3/c47-27-29-11-17-43-41(20-29)42-26-32(16-18-44(42)49(43)40-9-2-1-3-10-40)30-6-4-7-31(21-30)38-22-33-12-14-35-24-39(37-8-5-19-48-28-37)25-36-15-13-34(23-38)45(33)46(35)36/h1-26,28H. The lowest BCUT2D eigenvalue weighted by atomic mass is 9.89. The predicted molar refractivity (Wildman–Crippen MR) is 203 cm³/mol. The van der Waals surface area contributed by atoms with Gasteiger partial charge in [0.2, 0.25) is 0 Å². The summed E-state index contributed by atoms with van der Waals surface area (Å²) in [4.78, 5) is 4.34. The van der Waals surface area contributed by atoms with Gasteiger partial charge in [0, 0.05) is 34.4 Å². The molecule has 0 unspecified atom stereocenters. The number of hydrogen-bond acceptors (Lipinski definition) is 2. The molecule has 0 saturated carbocycles. The first-order valence-corrected chi connectivity index (χ1v) is 16.5. The van der Waals surface area contributed by atoms with E-state index in [9.17, 15) is 5.26 Å². The lowest BCUT2D eigenvalue weighted by molar-refractivity contribution is 1.18. The van der Waals surface area contributed by atoms with Crippen LogP contribution in [0.25, 0.3) is 93.2 Å². The molecule has 49 heavy (non-hydrogen) atoms. The summed E-state index contributed by atoms with van der Waals surface area (Å²) in [7, 11) is 0. The minimum absolute atomic E-state index is 0.662. The Morgan fingerprint density at radius 2 is 1.02 bits per heavy atom. The lowest BCUT2D eigenvalue weighted by Gasteiger charge is -2.15. The molecule has 0 radical (unpaired) electrons. The minimum atomic E-state index is 0.662. The monoisotopic (exact) mass is 621 g/mol. The van der Waals surface area contributed by atoms with E-state index in [-0.39, 0.29) is 0 Å². The number of benzene rings is 8. The van der Waals surface area contributed by atoms with Crippen LogP contribution in [-0.2, 0) is 0 Å². The number of pyridine rings is 1. The molecular formula is C46H27N3. The van der Waals surface area contributed by atoms with Crippen molar-refractivity contribution in [2.24, 2.45) is 0 Å². The molecule has 0 aliphatic heterocycles. The van der Waals surface area contributed by atoms with Gasteiger partial charge in [-0.25, -0.2) is 0 Å².